The molecule has 26 heavy (non-hydrogen) atoms. The summed E-state index contributed by atoms with van der Waals surface area (Å²) in [5.74, 6) is 1.13. The number of hydrogen-bond donors (Lipinski definition) is 0. The molecule has 0 fully saturated rings. The number of thiocarbonyl (C=S) groups is 1. The second-order valence-corrected chi connectivity index (χ2v) is 9.01. The van der Waals surface area contributed by atoms with Crippen LogP contribution in [0.15, 0.2) is 29.4 Å². The third kappa shape index (κ3) is 4.80. The molecule has 0 aliphatic carbocycles. The first-order valence-electron chi connectivity index (χ1n) is 8.53. The number of rotatable bonds is 4. The van der Waals surface area contributed by atoms with Crippen molar-refractivity contribution in [1.29, 1.82) is 5.26 Å². The van der Waals surface area contributed by atoms with Crippen LogP contribution >= 0.6 is 23.6 Å². The highest BCUT2D eigenvalue weighted by molar-refractivity contribution is 7.80. The summed E-state index contributed by atoms with van der Waals surface area (Å²) >= 11 is 7.23. The Balaban J connectivity index is 2.57. The van der Waals surface area contributed by atoms with E-state index < -0.39 is 0 Å². The molecule has 0 saturated carbocycles. The largest absolute Gasteiger partial charge is 0.496 e. The number of ether oxygens (including phenoxy) is 1. The summed E-state index contributed by atoms with van der Waals surface area (Å²) < 4.78 is 7.57. The van der Waals surface area contributed by atoms with Crippen molar-refractivity contribution in [2.24, 2.45) is 10.9 Å². The fourth-order valence-electron chi connectivity index (χ4n) is 2.43. The molecule has 2 rings (SSSR count). The number of hydrogen-bond acceptors (Lipinski definition) is 4. The minimum Gasteiger partial charge on any atom is -0.496 e. The Labute approximate surface area is 164 Å². The first-order chi connectivity index (χ1) is 12.2. The van der Waals surface area contributed by atoms with Crippen LogP contribution < -0.4 is 9.54 Å². The molecule has 1 aromatic heterocycles. The number of thiazole rings is 1. The summed E-state index contributed by atoms with van der Waals surface area (Å²) in [4.78, 5) is 7.29. The molecular formula is C20H25N3OS2. The fourth-order valence-corrected chi connectivity index (χ4v) is 3.80. The van der Waals surface area contributed by atoms with Gasteiger partial charge in [0, 0.05) is 17.6 Å². The Morgan fingerprint density at radius 2 is 2.08 bits per heavy atom. The van der Waals surface area contributed by atoms with Crippen LogP contribution in [0.3, 0.4) is 0 Å². The zero-order valence-corrected chi connectivity index (χ0v) is 17.8. The van der Waals surface area contributed by atoms with E-state index in [-0.39, 0.29) is 5.41 Å². The van der Waals surface area contributed by atoms with E-state index in [0.29, 0.717) is 27.8 Å². The molecule has 0 N–H and O–H groups in total. The van der Waals surface area contributed by atoms with Gasteiger partial charge in [-0.15, -0.1) is 11.3 Å². The van der Waals surface area contributed by atoms with Gasteiger partial charge in [-0.25, -0.2) is 4.99 Å². The summed E-state index contributed by atoms with van der Waals surface area (Å²) in [7, 11) is 1.59. The van der Waals surface area contributed by atoms with Crippen LogP contribution in [0, 0.1) is 17.2 Å². The molecule has 4 nitrogen and oxygen atoms in total. The zero-order chi connectivity index (χ0) is 19.5. The predicted molar refractivity (Wildman–Crippen MR) is 111 cm³/mol. The van der Waals surface area contributed by atoms with Gasteiger partial charge in [0.1, 0.15) is 10.7 Å². The van der Waals surface area contributed by atoms with Gasteiger partial charge in [-0.2, -0.15) is 5.26 Å². The third-order valence-corrected chi connectivity index (χ3v) is 5.53. The lowest BCUT2D eigenvalue weighted by atomic mass is 9.95. The van der Waals surface area contributed by atoms with E-state index in [4.69, 9.17) is 27.2 Å². The van der Waals surface area contributed by atoms with E-state index in [1.165, 1.54) is 4.88 Å². The van der Waals surface area contributed by atoms with Gasteiger partial charge in [0.25, 0.3) is 0 Å². The molecule has 138 valence electrons. The van der Waals surface area contributed by atoms with Gasteiger partial charge in [-0.1, -0.05) is 46.8 Å². The summed E-state index contributed by atoms with van der Waals surface area (Å²) in [5, 5.41) is 9.17. The van der Waals surface area contributed by atoms with E-state index in [1.807, 2.05) is 0 Å². The average molecular weight is 388 g/mol. The number of nitrogens with zero attached hydrogens (tertiary/aromatic N) is 3. The van der Waals surface area contributed by atoms with Crippen LogP contribution in [-0.4, -0.2) is 16.7 Å². The molecule has 0 saturated heterocycles. The molecular weight excluding hydrogens is 362 g/mol. The van der Waals surface area contributed by atoms with Gasteiger partial charge in [0.2, 0.25) is 0 Å². The summed E-state index contributed by atoms with van der Waals surface area (Å²) in [6.07, 6.45) is 2.18. The maximum Gasteiger partial charge on any atom is 0.191 e. The number of aromatic nitrogens is 1. The van der Waals surface area contributed by atoms with Gasteiger partial charge in [-0.3, -0.25) is 0 Å². The second-order valence-electron chi connectivity index (χ2n) is 7.62. The Morgan fingerprint density at radius 1 is 1.38 bits per heavy atom. The van der Waals surface area contributed by atoms with Gasteiger partial charge in [0.15, 0.2) is 4.80 Å². The quantitative estimate of drug-likeness (QED) is 0.717. The molecule has 0 bridgehead atoms. The molecule has 0 amide bonds. The Morgan fingerprint density at radius 3 is 2.62 bits per heavy atom. The smallest absolute Gasteiger partial charge is 0.191 e. The lowest BCUT2D eigenvalue weighted by Gasteiger charge is -2.14. The Bertz CT molecular complexity index is 908. The SMILES string of the molecule is COc1ccc(C#N)cc1C(=S)N=c1sc(C(C)(C)C)cn1CC(C)C. The molecule has 0 spiro atoms. The first-order valence-corrected chi connectivity index (χ1v) is 9.76. The van der Waals surface area contributed by atoms with Crippen LogP contribution in [-0.2, 0) is 12.0 Å². The lowest BCUT2D eigenvalue weighted by molar-refractivity contribution is 0.414. The van der Waals surface area contributed by atoms with Crippen LogP contribution in [0.25, 0.3) is 0 Å². The lowest BCUT2D eigenvalue weighted by Crippen LogP contribution is -2.18. The van der Waals surface area contributed by atoms with Crippen molar-refractivity contribution in [2.75, 3.05) is 7.11 Å². The second kappa shape index (κ2) is 8.15. The van der Waals surface area contributed by atoms with Crippen LogP contribution in [0.1, 0.15) is 50.6 Å². The molecule has 0 aliphatic heterocycles. The summed E-state index contributed by atoms with van der Waals surface area (Å²) in [6.45, 7) is 11.8. The average Bonchev–Trinajstić information content (AvgIpc) is 2.96. The van der Waals surface area contributed by atoms with Gasteiger partial charge in [0.05, 0.1) is 24.3 Å². The first kappa shape index (κ1) is 20.3. The standard InChI is InChI=1S/C20H25N3OS2/c1-13(2)11-23-12-17(20(3,4)5)26-19(23)22-18(25)15-9-14(10-21)7-8-16(15)24-6/h7-9,12-13H,11H2,1-6H3. The molecule has 1 heterocycles. The Hall–Kier alpha value is -1.97. The van der Waals surface area contributed by atoms with Crippen molar-refractivity contribution in [3.63, 3.8) is 0 Å². The highest BCUT2D eigenvalue weighted by Crippen LogP contribution is 2.25. The van der Waals surface area contributed by atoms with Crippen LogP contribution in [0.4, 0.5) is 0 Å². The number of methoxy groups -OCH3 is 1. The molecule has 2 aromatic rings. The molecule has 0 radical (unpaired) electrons. The van der Waals surface area contributed by atoms with Crippen molar-refractivity contribution in [3.05, 3.63) is 45.2 Å². The maximum atomic E-state index is 9.17. The van der Waals surface area contributed by atoms with Gasteiger partial charge < -0.3 is 9.30 Å². The maximum absolute atomic E-state index is 9.17. The topological polar surface area (TPSA) is 50.3 Å². The minimum absolute atomic E-state index is 0.0528. The van der Waals surface area contributed by atoms with E-state index >= 15 is 0 Å². The Kier molecular flexibility index (Phi) is 6.38. The van der Waals surface area contributed by atoms with Crippen molar-refractivity contribution in [1.82, 2.24) is 4.57 Å². The normalized spacial score (nSPS) is 12.3. The van der Waals surface area contributed by atoms with Gasteiger partial charge >= 0.3 is 0 Å². The predicted octanol–water partition coefficient (Wildman–Crippen LogP) is 4.66. The number of benzene rings is 1. The molecule has 0 aliphatic rings. The minimum atomic E-state index is 0.0528. The summed E-state index contributed by atoms with van der Waals surface area (Å²) in [5.41, 5.74) is 1.26. The molecule has 0 atom stereocenters. The van der Waals surface area contributed by atoms with Crippen molar-refractivity contribution < 1.29 is 4.74 Å². The molecule has 6 heteroatoms. The van der Waals surface area contributed by atoms with Gasteiger partial charge in [-0.05, 0) is 29.5 Å². The third-order valence-electron chi connectivity index (χ3n) is 3.78. The van der Waals surface area contributed by atoms with Crippen molar-refractivity contribution in [3.8, 4) is 11.8 Å². The number of nitriles is 1. The van der Waals surface area contributed by atoms with E-state index in [2.05, 4.69) is 51.5 Å². The van der Waals surface area contributed by atoms with Crippen molar-refractivity contribution >= 4 is 28.5 Å². The van der Waals surface area contributed by atoms with Crippen molar-refractivity contribution in [2.45, 2.75) is 46.6 Å². The summed E-state index contributed by atoms with van der Waals surface area (Å²) in [6, 6.07) is 7.34. The van der Waals surface area contributed by atoms with E-state index in [0.717, 1.165) is 11.3 Å². The zero-order valence-electron chi connectivity index (χ0n) is 16.2. The van der Waals surface area contributed by atoms with E-state index in [1.54, 1.807) is 36.6 Å². The highest BCUT2D eigenvalue weighted by Gasteiger charge is 2.18. The monoisotopic (exact) mass is 387 g/mol. The fraction of sp³-hybridized carbons (Fsp3) is 0.450. The van der Waals surface area contributed by atoms with E-state index in [9.17, 15) is 0 Å². The molecule has 1 aromatic carbocycles. The van der Waals surface area contributed by atoms with Crippen LogP contribution in [0.5, 0.6) is 5.75 Å². The highest BCUT2D eigenvalue weighted by atomic mass is 32.1. The molecule has 0 unspecified atom stereocenters. The van der Waals surface area contributed by atoms with Crippen LogP contribution in [0.2, 0.25) is 0 Å².